The topological polar surface area (TPSA) is 123 Å². The van der Waals surface area contributed by atoms with Crippen molar-refractivity contribution in [3.05, 3.63) is 0 Å². The Morgan fingerprint density at radius 2 is 1.33 bits per heavy atom. The molecule has 0 aliphatic carbocycles. The number of carboxylic acid groups (broad SMARTS) is 1. The van der Waals surface area contributed by atoms with Gasteiger partial charge in [0.15, 0.2) is 0 Å². The summed E-state index contributed by atoms with van der Waals surface area (Å²) >= 11 is 0. The average molecular weight is 186 g/mol. The number of nitrogens with two attached hydrogens (primary N) is 2. The maximum atomic E-state index is 10.6. The van der Waals surface area contributed by atoms with Crippen molar-refractivity contribution in [2.24, 2.45) is 11.5 Å². The van der Waals surface area contributed by atoms with E-state index in [9.17, 15) is 8.78 Å². The summed E-state index contributed by atoms with van der Waals surface area (Å²) in [5.74, 6) is -2.07. The Bertz CT molecular complexity index is 124. The molecule has 0 radical (unpaired) electrons. The summed E-state index contributed by atoms with van der Waals surface area (Å²) in [5, 5.41) is 7.24. The number of aliphatic carboxylic acids is 1. The van der Waals surface area contributed by atoms with E-state index in [-0.39, 0.29) is 12.8 Å². The fraction of sp³-hybridized carbons (Fsp3) is 0.250. The standard InChI is InChI=1S/C2H2F2O2.2CH3NO/c3-1(4)2(5)6;2*2-1-3/h1H,(H,5,6);2*1H,(H2,2,3). The molecule has 0 saturated heterocycles. The zero-order valence-corrected chi connectivity index (χ0v) is 5.81. The summed E-state index contributed by atoms with van der Waals surface area (Å²) in [6.07, 6.45) is -2.73. The monoisotopic (exact) mass is 186 g/mol. The number of carboxylic acids is 1. The summed E-state index contributed by atoms with van der Waals surface area (Å²) in [6, 6.07) is 0. The Morgan fingerprint density at radius 3 is 1.33 bits per heavy atom. The minimum atomic E-state index is -3.23. The van der Waals surface area contributed by atoms with E-state index in [2.05, 4.69) is 11.5 Å². The molecule has 0 bridgehead atoms. The van der Waals surface area contributed by atoms with Crippen LogP contribution in [0, 0.1) is 0 Å². The maximum absolute atomic E-state index is 10.6. The van der Waals surface area contributed by atoms with Gasteiger partial charge in [-0.05, 0) is 0 Å². The van der Waals surface area contributed by atoms with Crippen LogP contribution in [0.2, 0.25) is 0 Å². The number of hydrogen-bond acceptors (Lipinski definition) is 3. The minimum absolute atomic E-state index is 0.250. The third-order valence-corrected chi connectivity index (χ3v) is 0.187. The van der Waals surface area contributed by atoms with E-state index >= 15 is 0 Å². The van der Waals surface area contributed by atoms with Crippen molar-refractivity contribution in [1.82, 2.24) is 0 Å². The van der Waals surface area contributed by atoms with Crippen LogP contribution in [0.25, 0.3) is 0 Å². The van der Waals surface area contributed by atoms with Gasteiger partial charge in [0.2, 0.25) is 12.8 Å². The van der Waals surface area contributed by atoms with Crippen molar-refractivity contribution in [2.45, 2.75) is 6.43 Å². The molecular formula is C4H8F2N2O4. The van der Waals surface area contributed by atoms with E-state index in [4.69, 9.17) is 19.5 Å². The van der Waals surface area contributed by atoms with Crippen molar-refractivity contribution in [3.63, 3.8) is 0 Å². The molecule has 8 heteroatoms. The lowest BCUT2D eigenvalue weighted by Gasteiger charge is -1.81. The minimum Gasteiger partial charge on any atom is -0.477 e. The molecule has 0 fully saturated rings. The molecule has 0 aliphatic rings. The first kappa shape index (κ1) is 16.7. The van der Waals surface area contributed by atoms with Crippen LogP contribution in [0.15, 0.2) is 0 Å². The third kappa shape index (κ3) is 84.8. The van der Waals surface area contributed by atoms with Crippen molar-refractivity contribution >= 4 is 18.8 Å². The lowest BCUT2D eigenvalue weighted by molar-refractivity contribution is -0.149. The Labute approximate surface area is 66.1 Å². The Balaban J connectivity index is -0.000000115. The van der Waals surface area contributed by atoms with E-state index in [0.717, 1.165) is 0 Å². The van der Waals surface area contributed by atoms with Gasteiger partial charge >= 0.3 is 12.4 Å². The van der Waals surface area contributed by atoms with E-state index in [0.29, 0.717) is 0 Å². The van der Waals surface area contributed by atoms with E-state index in [1.165, 1.54) is 0 Å². The fourth-order valence-electron chi connectivity index (χ4n) is 0. The molecule has 0 saturated carbocycles. The summed E-state index contributed by atoms with van der Waals surface area (Å²) in [5.41, 5.74) is 8.33. The van der Waals surface area contributed by atoms with E-state index < -0.39 is 12.4 Å². The highest BCUT2D eigenvalue weighted by Gasteiger charge is 2.10. The number of carbonyl (C=O) groups is 3. The zero-order chi connectivity index (χ0) is 10.6. The van der Waals surface area contributed by atoms with Crippen molar-refractivity contribution < 1.29 is 28.3 Å². The number of rotatable bonds is 1. The smallest absolute Gasteiger partial charge is 0.371 e. The van der Waals surface area contributed by atoms with Crippen LogP contribution in [0.4, 0.5) is 8.78 Å². The second-order valence-electron chi connectivity index (χ2n) is 0.911. The number of hydrogen-bond donors (Lipinski definition) is 3. The number of primary amides is 2. The molecule has 0 aliphatic heterocycles. The van der Waals surface area contributed by atoms with Gasteiger partial charge in [0.05, 0.1) is 0 Å². The summed E-state index contributed by atoms with van der Waals surface area (Å²) in [7, 11) is 0. The SMILES string of the molecule is NC=O.NC=O.O=C(O)C(F)F. The second-order valence-corrected chi connectivity index (χ2v) is 0.911. The zero-order valence-electron chi connectivity index (χ0n) is 5.81. The Hall–Kier alpha value is -1.73. The van der Waals surface area contributed by atoms with Crippen LogP contribution in [-0.2, 0) is 14.4 Å². The van der Waals surface area contributed by atoms with Gasteiger partial charge in [0.25, 0.3) is 0 Å². The highest BCUT2D eigenvalue weighted by atomic mass is 19.3. The molecule has 0 unspecified atom stereocenters. The number of carbonyl (C=O) groups excluding carboxylic acids is 2. The van der Waals surface area contributed by atoms with Gasteiger partial charge in [0.1, 0.15) is 0 Å². The maximum Gasteiger partial charge on any atom is 0.371 e. The highest BCUT2D eigenvalue weighted by molar-refractivity contribution is 5.70. The van der Waals surface area contributed by atoms with Gasteiger partial charge in [0, 0.05) is 0 Å². The second kappa shape index (κ2) is 16.1. The van der Waals surface area contributed by atoms with Gasteiger partial charge in [-0.2, -0.15) is 8.78 Å². The van der Waals surface area contributed by atoms with Crippen LogP contribution >= 0.6 is 0 Å². The predicted molar refractivity (Wildman–Crippen MR) is 34.1 cm³/mol. The Morgan fingerprint density at radius 1 is 1.25 bits per heavy atom. The lowest BCUT2D eigenvalue weighted by Crippen LogP contribution is -2.06. The van der Waals surface area contributed by atoms with Crippen LogP contribution < -0.4 is 11.5 Å². The Kier molecular flexibility index (Phi) is 22.4. The molecule has 0 aromatic heterocycles. The first-order chi connectivity index (χ1) is 5.47. The predicted octanol–water partition coefficient (Wildman–Crippen LogP) is -1.46. The van der Waals surface area contributed by atoms with Gasteiger partial charge in [-0.25, -0.2) is 4.79 Å². The third-order valence-electron chi connectivity index (χ3n) is 0.187. The van der Waals surface area contributed by atoms with Crippen LogP contribution in [-0.4, -0.2) is 30.3 Å². The summed E-state index contributed by atoms with van der Waals surface area (Å²) in [4.78, 5) is 26.1. The van der Waals surface area contributed by atoms with Crippen LogP contribution in [0.5, 0.6) is 0 Å². The number of amides is 2. The summed E-state index contributed by atoms with van der Waals surface area (Å²) < 4.78 is 21.1. The van der Waals surface area contributed by atoms with Crippen molar-refractivity contribution in [3.8, 4) is 0 Å². The van der Waals surface area contributed by atoms with Crippen LogP contribution in [0.1, 0.15) is 0 Å². The molecule has 0 rings (SSSR count). The van der Waals surface area contributed by atoms with Gasteiger partial charge in [-0.15, -0.1) is 0 Å². The van der Waals surface area contributed by atoms with Crippen LogP contribution in [0.3, 0.4) is 0 Å². The molecule has 72 valence electrons. The van der Waals surface area contributed by atoms with Crippen molar-refractivity contribution in [2.75, 3.05) is 0 Å². The van der Waals surface area contributed by atoms with Gasteiger partial charge < -0.3 is 16.6 Å². The normalized spacial score (nSPS) is 6.58. The first-order valence-electron chi connectivity index (χ1n) is 2.29. The average Bonchev–Trinajstić information content (AvgIpc) is 1.90. The number of halogens is 2. The molecule has 0 aromatic carbocycles. The van der Waals surface area contributed by atoms with E-state index in [1.54, 1.807) is 0 Å². The van der Waals surface area contributed by atoms with Gasteiger partial charge in [-0.1, -0.05) is 0 Å². The molecule has 2 amide bonds. The number of alkyl halides is 2. The summed E-state index contributed by atoms with van der Waals surface area (Å²) in [6.45, 7) is 0. The highest BCUT2D eigenvalue weighted by Crippen LogP contribution is 1.87. The molecule has 0 heterocycles. The van der Waals surface area contributed by atoms with Crippen molar-refractivity contribution in [1.29, 1.82) is 0 Å². The fourth-order valence-corrected chi connectivity index (χ4v) is 0. The molecule has 0 aromatic rings. The molecular weight excluding hydrogens is 178 g/mol. The molecule has 12 heavy (non-hydrogen) atoms. The molecule has 0 spiro atoms. The largest absolute Gasteiger partial charge is 0.477 e. The molecule has 0 atom stereocenters. The molecule has 5 N–H and O–H groups in total. The lowest BCUT2D eigenvalue weighted by atomic mass is 10.7. The molecule has 6 nitrogen and oxygen atoms in total. The van der Waals surface area contributed by atoms with E-state index in [1.807, 2.05) is 0 Å². The van der Waals surface area contributed by atoms with Gasteiger partial charge in [-0.3, -0.25) is 9.59 Å². The quantitative estimate of drug-likeness (QED) is 0.433. The first-order valence-corrected chi connectivity index (χ1v) is 2.29.